The molecule has 0 aliphatic rings. The Morgan fingerprint density at radius 3 is 2.43 bits per heavy atom. The maximum atomic E-state index is 3.42. The van der Waals surface area contributed by atoms with Gasteiger partial charge in [0.15, 0.2) is 0 Å². The predicted octanol–water partition coefficient (Wildman–Crippen LogP) is 2.62. The first-order chi connectivity index (χ1) is 6.86. The van der Waals surface area contributed by atoms with Crippen molar-refractivity contribution in [2.45, 2.75) is 26.3 Å². The van der Waals surface area contributed by atoms with Crippen LogP contribution in [0.5, 0.6) is 0 Å². The largest absolute Gasteiger partial charge is 0.388 e. The molecule has 0 radical (unpaired) electrons. The minimum atomic E-state index is 0.976. The zero-order chi connectivity index (χ0) is 10.2. The molecule has 0 unspecified atom stereocenters. The van der Waals surface area contributed by atoms with Crippen LogP contribution in [0.4, 0.5) is 5.69 Å². The predicted molar refractivity (Wildman–Crippen MR) is 62.6 cm³/mol. The first-order valence-corrected chi connectivity index (χ1v) is 5.34. The highest BCUT2D eigenvalue weighted by molar-refractivity contribution is 5.43. The third-order valence-electron chi connectivity index (χ3n) is 2.28. The second kappa shape index (κ2) is 6.44. The molecule has 0 saturated carbocycles. The first kappa shape index (κ1) is 11.1. The summed E-state index contributed by atoms with van der Waals surface area (Å²) in [5.74, 6) is 0. The van der Waals surface area contributed by atoms with Gasteiger partial charge in [-0.25, -0.2) is 0 Å². The molecule has 1 aromatic rings. The molecule has 0 heterocycles. The number of unbranched alkanes of at least 4 members (excludes halogenated alkanes) is 1. The average molecular weight is 192 g/mol. The first-order valence-electron chi connectivity index (χ1n) is 5.34. The summed E-state index contributed by atoms with van der Waals surface area (Å²) in [5.41, 5.74) is 2.52. The summed E-state index contributed by atoms with van der Waals surface area (Å²) < 4.78 is 0. The van der Waals surface area contributed by atoms with Crippen molar-refractivity contribution < 1.29 is 0 Å². The van der Waals surface area contributed by atoms with E-state index in [1.54, 1.807) is 0 Å². The molecule has 0 saturated heterocycles. The van der Waals surface area contributed by atoms with Crippen LogP contribution in [0.15, 0.2) is 24.3 Å². The summed E-state index contributed by atoms with van der Waals surface area (Å²) in [6.45, 7) is 4.30. The average Bonchev–Trinajstić information content (AvgIpc) is 2.25. The van der Waals surface area contributed by atoms with E-state index in [2.05, 4.69) is 41.8 Å². The molecule has 0 aromatic heterocycles. The molecule has 1 aromatic carbocycles. The lowest BCUT2D eigenvalue weighted by Gasteiger charge is -2.05. The molecule has 2 heteroatoms. The van der Waals surface area contributed by atoms with Crippen molar-refractivity contribution in [1.29, 1.82) is 0 Å². The Balaban J connectivity index is 2.29. The lowest BCUT2D eigenvalue weighted by molar-refractivity contribution is 0.641. The van der Waals surface area contributed by atoms with Crippen LogP contribution in [-0.4, -0.2) is 13.6 Å². The lowest BCUT2D eigenvalue weighted by atomic mass is 10.2. The van der Waals surface area contributed by atoms with E-state index in [1.165, 1.54) is 24.1 Å². The summed E-state index contributed by atoms with van der Waals surface area (Å²) in [5, 5.41) is 6.53. The zero-order valence-corrected chi connectivity index (χ0v) is 9.14. The van der Waals surface area contributed by atoms with Crippen molar-refractivity contribution in [1.82, 2.24) is 5.32 Å². The molecule has 0 bridgehead atoms. The number of benzene rings is 1. The Hall–Kier alpha value is -1.02. The highest BCUT2D eigenvalue weighted by atomic mass is 14.8. The van der Waals surface area contributed by atoms with E-state index < -0.39 is 0 Å². The fourth-order valence-electron chi connectivity index (χ4n) is 1.32. The van der Waals surface area contributed by atoms with Crippen molar-refractivity contribution in [3.63, 3.8) is 0 Å². The molecular weight excluding hydrogens is 172 g/mol. The summed E-state index contributed by atoms with van der Waals surface area (Å²) in [6.07, 6.45) is 2.51. The molecule has 0 amide bonds. The van der Waals surface area contributed by atoms with Gasteiger partial charge in [0.2, 0.25) is 0 Å². The molecule has 14 heavy (non-hydrogen) atoms. The van der Waals surface area contributed by atoms with Gasteiger partial charge in [-0.3, -0.25) is 0 Å². The summed E-state index contributed by atoms with van der Waals surface area (Å²) in [6, 6.07) is 8.53. The summed E-state index contributed by atoms with van der Waals surface area (Å²) >= 11 is 0. The molecule has 0 spiro atoms. The summed E-state index contributed by atoms with van der Waals surface area (Å²) in [4.78, 5) is 0. The van der Waals surface area contributed by atoms with E-state index in [0.717, 1.165) is 13.1 Å². The van der Waals surface area contributed by atoms with Crippen LogP contribution >= 0.6 is 0 Å². The topological polar surface area (TPSA) is 24.1 Å². The number of rotatable bonds is 6. The Kier molecular flexibility index (Phi) is 5.08. The molecule has 0 aliphatic heterocycles. The van der Waals surface area contributed by atoms with Crippen molar-refractivity contribution in [3.8, 4) is 0 Å². The Bertz CT molecular complexity index is 241. The molecule has 2 N–H and O–H groups in total. The van der Waals surface area contributed by atoms with Crippen LogP contribution in [0.3, 0.4) is 0 Å². The standard InChI is InChI=1S/C12H20N2/c1-3-4-9-14-10-11-5-7-12(13-2)8-6-11/h5-8,13-14H,3-4,9-10H2,1-2H3. The van der Waals surface area contributed by atoms with Crippen LogP contribution in [-0.2, 0) is 6.54 Å². The Morgan fingerprint density at radius 1 is 1.14 bits per heavy atom. The van der Waals surface area contributed by atoms with E-state index >= 15 is 0 Å². The van der Waals surface area contributed by atoms with Gasteiger partial charge in [-0.05, 0) is 30.7 Å². The number of hydrogen-bond donors (Lipinski definition) is 2. The molecule has 0 fully saturated rings. The van der Waals surface area contributed by atoms with Gasteiger partial charge in [-0.1, -0.05) is 25.5 Å². The number of nitrogens with one attached hydrogen (secondary N) is 2. The van der Waals surface area contributed by atoms with Gasteiger partial charge in [0.25, 0.3) is 0 Å². The van der Waals surface area contributed by atoms with E-state index in [-0.39, 0.29) is 0 Å². The van der Waals surface area contributed by atoms with Gasteiger partial charge in [-0.2, -0.15) is 0 Å². The van der Waals surface area contributed by atoms with Gasteiger partial charge in [0, 0.05) is 19.3 Å². The van der Waals surface area contributed by atoms with Crippen molar-refractivity contribution in [2.24, 2.45) is 0 Å². The molecule has 1 rings (SSSR count). The minimum absolute atomic E-state index is 0.976. The van der Waals surface area contributed by atoms with Gasteiger partial charge in [-0.15, -0.1) is 0 Å². The van der Waals surface area contributed by atoms with Gasteiger partial charge in [0.1, 0.15) is 0 Å². The summed E-state index contributed by atoms with van der Waals surface area (Å²) in [7, 11) is 1.94. The molecular formula is C12H20N2. The molecule has 0 atom stereocenters. The highest BCUT2D eigenvalue weighted by Gasteiger charge is 1.92. The van der Waals surface area contributed by atoms with E-state index in [4.69, 9.17) is 0 Å². The van der Waals surface area contributed by atoms with Crippen LogP contribution in [0, 0.1) is 0 Å². The number of anilines is 1. The van der Waals surface area contributed by atoms with E-state index in [1.807, 2.05) is 7.05 Å². The second-order valence-electron chi connectivity index (χ2n) is 3.48. The molecule has 0 aliphatic carbocycles. The maximum Gasteiger partial charge on any atom is 0.0337 e. The smallest absolute Gasteiger partial charge is 0.0337 e. The Labute approximate surface area is 86.7 Å². The zero-order valence-electron chi connectivity index (χ0n) is 9.14. The van der Waals surface area contributed by atoms with Crippen molar-refractivity contribution >= 4 is 5.69 Å². The SMILES string of the molecule is CCCCNCc1ccc(NC)cc1. The maximum absolute atomic E-state index is 3.42. The van der Waals surface area contributed by atoms with Crippen LogP contribution in [0.25, 0.3) is 0 Å². The van der Waals surface area contributed by atoms with Gasteiger partial charge in [0.05, 0.1) is 0 Å². The molecule has 78 valence electrons. The van der Waals surface area contributed by atoms with Crippen LogP contribution < -0.4 is 10.6 Å². The Morgan fingerprint density at radius 2 is 1.86 bits per heavy atom. The third kappa shape index (κ3) is 3.79. The van der Waals surface area contributed by atoms with E-state index in [9.17, 15) is 0 Å². The second-order valence-corrected chi connectivity index (χ2v) is 3.48. The van der Waals surface area contributed by atoms with Crippen molar-refractivity contribution in [2.75, 3.05) is 18.9 Å². The highest BCUT2D eigenvalue weighted by Crippen LogP contribution is 2.07. The fourth-order valence-corrected chi connectivity index (χ4v) is 1.32. The molecule has 2 nitrogen and oxygen atoms in total. The van der Waals surface area contributed by atoms with Crippen LogP contribution in [0.2, 0.25) is 0 Å². The quantitative estimate of drug-likeness (QED) is 0.677. The minimum Gasteiger partial charge on any atom is -0.388 e. The lowest BCUT2D eigenvalue weighted by Crippen LogP contribution is -2.14. The monoisotopic (exact) mass is 192 g/mol. The number of hydrogen-bond acceptors (Lipinski definition) is 2. The van der Waals surface area contributed by atoms with Crippen molar-refractivity contribution in [3.05, 3.63) is 29.8 Å². The third-order valence-corrected chi connectivity index (χ3v) is 2.28. The fraction of sp³-hybridized carbons (Fsp3) is 0.500. The van der Waals surface area contributed by atoms with E-state index in [0.29, 0.717) is 0 Å². The van der Waals surface area contributed by atoms with Gasteiger partial charge < -0.3 is 10.6 Å². The normalized spacial score (nSPS) is 10.1. The van der Waals surface area contributed by atoms with Gasteiger partial charge >= 0.3 is 0 Å². The van der Waals surface area contributed by atoms with Crippen LogP contribution in [0.1, 0.15) is 25.3 Å².